The Bertz CT molecular complexity index is 635. The number of nitro groups is 1. The Morgan fingerprint density at radius 3 is 3.05 bits per heavy atom. The number of nitro benzene ring substituents is 1. The van der Waals surface area contributed by atoms with E-state index in [9.17, 15) is 10.1 Å². The van der Waals surface area contributed by atoms with Crippen molar-refractivity contribution in [3.8, 4) is 11.5 Å². The lowest BCUT2D eigenvalue weighted by Crippen LogP contribution is -2.31. The lowest BCUT2D eigenvalue weighted by molar-refractivity contribution is -0.384. The molecule has 1 N–H and O–H groups in total. The standard InChI is InChI=1S/C14H16N4O3/c19-18(20)12-6-2-1-5-11(12)14-16-13(17-21-14)8-10-4-3-7-15-9-10/h1-2,5-6,10,15H,3-4,7-9H2. The van der Waals surface area contributed by atoms with Crippen LogP contribution in [0.15, 0.2) is 28.8 Å². The Morgan fingerprint density at radius 1 is 1.43 bits per heavy atom. The molecule has 0 saturated carbocycles. The molecule has 21 heavy (non-hydrogen) atoms. The van der Waals surface area contributed by atoms with Crippen LogP contribution in [0.25, 0.3) is 11.5 Å². The predicted octanol–water partition coefficient (Wildman–Crippen LogP) is 2.19. The SMILES string of the molecule is O=[N+]([O-])c1ccccc1-c1nc(CC2CCCNC2)no1. The van der Waals surface area contributed by atoms with Crippen molar-refractivity contribution >= 4 is 5.69 Å². The topological polar surface area (TPSA) is 94.1 Å². The summed E-state index contributed by atoms with van der Waals surface area (Å²) in [5.41, 5.74) is 0.343. The van der Waals surface area contributed by atoms with Crippen LogP contribution in [0.1, 0.15) is 18.7 Å². The van der Waals surface area contributed by atoms with E-state index in [1.54, 1.807) is 18.2 Å². The van der Waals surface area contributed by atoms with Gasteiger partial charge in [0.05, 0.1) is 4.92 Å². The predicted molar refractivity (Wildman–Crippen MR) is 75.7 cm³/mol. The smallest absolute Gasteiger partial charge is 0.282 e. The van der Waals surface area contributed by atoms with E-state index in [4.69, 9.17) is 4.52 Å². The Morgan fingerprint density at radius 2 is 2.29 bits per heavy atom. The number of benzene rings is 1. The molecule has 1 unspecified atom stereocenters. The lowest BCUT2D eigenvalue weighted by Gasteiger charge is -2.20. The average Bonchev–Trinajstić information content (AvgIpc) is 2.96. The number of hydrogen-bond acceptors (Lipinski definition) is 6. The van der Waals surface area contributed by atoms with Crippen LogP contribution in [-0.4, -0.2) is 28.2 Å². The minimum absolute atomic E-state index is 0.0213. The zero-order valence-electron chi connectivity index (χ0n) is 11.5. The highest BCUT2D eigenvalue weighted by Gasteiger charge is 2.21. The molecule has 0 radical (unpaired) electrons. The van der Waals surface area contributed by atoms with E-state index in [-0.39, 0.29) is 11.6 Å². The lowest BCUT2D eigenvalue weighted by atomic mass is 9.96. The first-order chi connectivity index (χ1) is 10.2. The van der Waals surface area contributed by atoms with Gasteiger partial charge in [0, 0.05) is 12.5 Å². The van der Waals surface area contributed by atoms with Crippen LogP contribution in [-0.2, 0) is 6.42 Å². The molecule has 0 bridgehead atoms. The van der Waals surface area contributed by atoms with Gasteiger partial charge in [-0.25, -0.2) is 0 Å². The van der Waals surface area contributed by atoms with Crippen molar-refractivity contribution in [2.24, 2.45) is 5.92 Å². The van der Waals surface area contributed by atoms with Gasteiger partial charge in [0.25, 0.3) is 11.6 Å². The molecule has 1 aromatic carbocycles. The molecule has 3 rings (SSSR count). The number of aromatic nitrogens is 2. The second-order valence-electron chi connectivity index (χ2n) is 5.21. The van der Waals surface area contributed by atoms with Crippen molar-refractivity contribution in [2.75, 3.05) is 13.1 Å². The van der Waals surface area contributed by atoms with Crippen molar-refractivity contribution in [3.63, 3.8) is 0 Å². The zero-order chi connectivity index (χ0) is 14.7. The Kier molecular flexibility index (Phi) is 3.92. The molecular weight excluding hydrogens is 272 g/mol. The van der Waals surface area contributed by atoms with Gasteiger partial charge >= 0.3 is 0 Å². The van der Waals surface area contributed by atoms with Crippen LogP contribution in [0.4, 0.5) is 5.69 Å². The molecule has 1 saturated heterocycles. The summed E-state index contributed by atoms with van der Waals surface area (Å²) in [5, 5.41) is 18.3. The van der Waals surface area contributed by atoms with E-state index in [1.165, 1.54) is 6.07 Å². The van der Waals surface area contributed by atoms with Gasteiger partial charge in [0.2, 0.25) is 0 Å². The number of hydrogen-bond donors (Lipinski definition) is 1. The second-order valence-corrected chi connectivity index (χ2v) is 5.21. The molecule has 0 aliphatic carbocycles. The molecule has 1 aliphatic heterocycles. The van der Waals surface area contributed by atoms with Crippen LogP contribution in [0, 0.1) is 16.0 Å². The first-order valence-corrected chi connectivity index (χ1v) is 7.01. The molecule has 7 nitrogen and oxygen atoms in total. The molecule has 1 aliphatic rings. The monoisotopic (exact) mass is 288 g/mol. The van der Waals surface area contributed by atoms with E-state index in [0.29, 0.717) is 17.3 Å². The van der Waals surface area contributed by atoms with E-state index < -0.39 is 4.92 Å². The third kappa shape index (κ3) is 3.08. The van der Waals surface area contributed by atoms with Crippen molar-refractivity contribution in [1.82, 2.24) is 15.5 Å². The molecule has 2 heterocycles. The fourth-order valence-electron chi connectivity index (χ4n) is 2.62. The summed E-state index contributed by atoms with van der Waals surface area (Å²) in [6.45, 7) is 2.01. The number of piperidine rings is 1. The minimum atomic E-state index is -0.440. The zero-order valence-corrected chi connectivity index (χ0v) is 11.5. The van der Waals surface area contributed by atoms with Gasteiger partial charge in [-0.05, 0) is 37.9 Å². The molecule has 7 heteroatoms. The third-order valence-electron chi connectivity index (χ3n) is 3.67. The van der Waals surface area contributed by atoms with Gasteiger partial charge < -0.3 is 9.84 Å². The van der Waals surface area contributed by atoms with E-state index in [2.05, 4.69) is 15.5 Å². The maximum absolute atomic E-state index is 11.0. The van der Waals surface area contributed by atoms with Gasteiger partial charge in [-0.15, -0.1) is 0 Å². The van der Waals surface area contributed by atoms with E-state index in [1.807, 2.05) is 0 Å². The minimum Gasteiger partial charge on any atom is -0.334 e. The first-order valence-electron chi connectivity index (χ1n) is 7.01. The molecule has 0 spiro atoms. The van der Waals surface area contributed by atoms with Crippen LogP contribution in [0.3, 0.4) is 0 Å². The molecular formula is C14H16N4O3. The van der Waals surface area contributed by atoms with Gasteiger partial charge in [-0.3, -0.25) is 10.1 Å². The summed E-state index contributed by atoms with van der Waals surface area (Å²) in [6, 6.07) is 6.39. The Hall–Kier alpha value is -2.28. The summed E-state index contributed by atoms with van der Waals surface area (Å²) in [6.07, 6.45) is 3.03. The van der Waals surface area contributed by atoms with Gasteiger partial charge in [-0.1, -0.05) is 17.3 Å². The fourth-order valence-corrected chi connectivity index (χ4v) is 2.62. The van der Waals surface area contributed by atoms with Crippen LogP contribution < -0.4 is 5.32 Å². The summed E-state index contributed by atoms with van der Waals surface area (Å²) in [7, 11) is 0. The highest BCUT2D eigenvalue weighted by Crippen LogP contribution is 2.28. The fraction of sp³-hybridized carbons (Fsp3) is 0.429. The Labute approximate surface area is 121 Å². The van der Waals surface area contributed by atoms with E-state index >= 15 is 0 Å². The van der Waals surface area contributed by atoms with Crippen LogP contribution >= 0.6 is 0 Å². The van der Waals surface area contributed by atoms with Crippen molar-refractivity contribution in [2.45, 2.75) is 19.3 Å². The van der Waals surface area contributed by atoms with Gasteiger partial charge in [0.15, 0.2) is 5.82 Å². The van der Waals surface area contributed by atoms with Gasteiger partial charge in [0.1, 0.15) is 5.56 Å². The van der Waals surface area contributed by atoms with Crippen molar-refractivity contribution in [1.29, 1.82) is 0 Å². The largest absolute Gasteiger partial charge is 0.334 e. The first kappa shape index (κ1) is 13.7. The number of rotatable bonds is 4. The highest BCUT2D eigenvalue weighted by molar-refractivity contribution is 5.66. The van der Waals surface area contributed by atoms with Crippen LogP contribution in [0.2, 0.25) is 0 Å². The third-order valence-corrected chi connectivity index (χ3v) is 3.67. The maximum Gasteiger partial charge on any atom is 0.282 e. The number of para-hydroxylation sites is 1. The average molecular weight is 288 g/mol. The molecule has 0 amide bonds. The molecule has 110 valence electrons. The van der Waals surface area contributed by atoms with Crippen LogP contribution in [0.5, 0.6) is 0 Å². The molecule has 2 aromatic rings. The molecule has 1 atom stereocenters. The van der Waals surface area contributed by atoms with Crippen molar-refractivity contribution < 1.29 is 9.45 Å². The summed E-state index contributed by atoms with van der Waals surface area (Å²) in [5.74, 6) is 1.31. The number of nitrogens with zero attached hydrogens (tertiary/aromatic N) is 3. The molecule has 1 aromatic heterocycles. The molecule has 1 fully saturated rings. The highest BCUT2D eigenvalue weighted by atomic mass is 16.6. The summed E-state index contributed by atoms with van der Waals surface area (Å²) >= 11 is 0. The Balaban J connectivity index is 1.80. The quantitative estimate of drug-likeness (QED) is 0.684. The number of nitrogens with one attached hydrogen (secondary N) is 1. The normalized spacial score (nSPS) is 18.6. The summed E-state index contributed by atoms with van der Waals surface area (Å²) < 4.78 is 5.20. The van der Waals surface area contributed by atoms with Crippen molar-refractivity contribution in [3.05, 3.63) is 40.2 Å². The van der Waals surface area contributed by atoms with Gasteiger partial charge in [-0.2, -0.15) is 4.98 Å². The second kappa shape index (κ2) is 6.01. The van der Waals surface area contributed by atoms with E-state index in [0.717, 1.165) is 32.4 Å². The summed E-state index contributed by atoms with van der Waals surface area (Å²) in [4.78, 5) is 14.9. The maximum atomic E-state index is 11.0.